The molecule has 0 heterocycles. The molecule has 0 spiro atoms. The number of carbonyl (C=O) groups is 1. The zero-order valence-electron chi connectivity index (χ0n) is 12.8. The largest absolute Gasteiger partial charge is 0.494 e. The van der Waals surface area contributed by atoms with Crippen LogP contribution in [0.25, 0.3) is 0 Å². The summed E-state index contributed by atoms with van der Waals surface area (Å²) in [4.78, 5) is 10.8. The molecule has 0 aromatic heterocycles. The number of hydrogen-bond acceptors (Lipinski definition) is 2. The second-order valence-corrected chi connectivity index (χ2v) is 5.03. The molecule has 0 saturated heterocycles. The first-order chi connectivity index (χ1) is 10.8. The van der Waals surface area contributed by atoms with Gasteiger partial charge in [-0.2, -0.15) is 13.2 Å². The Balaban J connectivity index is 2.48. The smallest absolute Gasteiger partial charge is 0.389 e. The van der Waals surface area contributed by atoms with E-state index in [-0.39, 0.29) is 19.4 Å². The topological polar surface area (TPSA) is 46.5 Å². The van der Waals surface area contributed by atoms with Crippen LogP contribution in [0.2, 0.25) is 0 Å². The van der Waals surface area contributed by atoms with Crippen molar-refractivity contribution >= 4 is 5.97 Å². The van der Waals surface area contributed by atoms with Gasteiger partial charge in [-0.1, -0.05) is 18.1 Å². The van der Waals surface area contributed by atoms with Gasteiger partial charge in [-0.15, -0.1) is 5.92 Å². The third-order valence-electron chi connectivity index (χ3n) is 3.10. The highest BCUT2D eigenvalue weighted by molar-refractivity contribution is 5.69. The summed E-state index contributed by atoms with van der Waals surface area (Å²) in [5.74, 6) is 4.78. The van der Waals surface area contributed by atoms with Crippen molar-refractivity contribution in [2.75, 3.05) is 6.61 Å². The first-order valence-corrected chi connectivity index (χ1v) is 7.25. The lowest BCUT2D eigenvalue weighted by Crippen LogP contribution is -2.08. The summed E-state index contributed by atoms with van der Waals surface area (Å²) < 4.78 is 41.3. The molecule has 3 nitrogen and oxygen atoms in total. The number of rotatable bonds is 8. The number of halogens is 3. The molecule has 1 atom stereocenters. The highest BCUT2D eigenvalue weighted by Crippen LogP contribution is 2.24. The zero-order chi connectivity index (χ0) is 17.3. The van der Waals surface area contributed by atoms with Gasteiger partial charge in [0.1, 0.15) is 5.75 Å². The van der Waals surface area contributed by atoms with Gasteiger partial charge in [0.2, 0.25) is 0 Å². The molecule has 0 radical (unpaired) electrons. The number of carboxylic acids is 1. The molecular weight excluding hydrogens is 309 g/mol. The summed E-state index contributed by atoms with van der Waals surface area (Å²) in [5, 5.41) is 8.88. The Hall–Kier alpha value is -2.16. The average Bonchev–Trinajstić information content (AvgIpc) is 2.45. The summed E-state index contributed by atoms with van der Waals surface area (Å²) in [6.45, 7) is 1.86. The maximum atomic E-state index is 12.0. The normalized spacial score (nSPS) is 12.2. The van der Waals surface area contributed by atoms with Crippen molar-refractivity contribution in [2.24, 2.45) is 0 Å². The molecule has 0 aliphatic carbocycles. The standard InChI is InChI=1S/C17H19F3O3/c1-2-5-14(12-16(21)22)13-6-8-15(9-7-13)23-11-4-3-10-17(18,19)20/h6-9,14H,3-4,10-12H2,1H3,(H,21,22)/t14-/m0/s1. The fraction of sp³-hybridized carbons (Fsp3) is 0.471. The van der Waals surface area contributed by atoms with Crippen LogP contribution in [0, 0.1) is 11.8 Å². The molecular formula is C17H19F3O3. The van der Waals surface area contributed by atoms with Crippen LogP contribution in [0.1, 0.15) is 44.1 Å². The van der Waals surface area contributed by atoms with Gasteiger partial charge in [0.05, 0.1) is 18.9 Å². The number of aliphatic carboxylic acids is 1. The highest BCUT2D eigenvalue weighted by Gasteiger charge is 2.25. The minimum absolute atomic E-state index is 0.0361. The quantitative estimate of drug-likeness (QED) is 0.569. The van der Waals surface area contributed by atoms with Gasteiger partial charge in [0, 0.05) is 6.42 Å². The van der Waals surface area contributed by atoms with E-state index in [4.69, 9.17) is 9.84 Å². The maximum absolute atomic E-state index is 12.0. The Morgan fingerprint density at radius 2 is 1.91 bits per heavy atom. The first-order valence-electron chi connectivity index (χ1n) is 7.25. The molecule has 23 heavy (non-hydrogen) atoms. The molecule has 0 fully saturated rings. The van der Waals surface area contributed by atoms with Crippen LogP contribution >= 0.6 is 0 Å². The van der Waals surface area contributed by atoms with Crippen molar-refractivity contribution in [3.8, 4) is 17.6 Å². The molecule has 1 N–H and O–H groups in total. The van der Waals surface area contributed by atoms with Crippen LogP contribution in [0.4, 0.5) is 13.2 Å². The molecule has 0 aliphatic rings. The van der Waals surface area contributed by atoms with Crippen molar-refractivity contribution in [1.82, 2.24) is 0 Å². The number of carboxylic acid groups (broad SMARTS) is 1. The number of unbranched alkanes of at least 4 members (excludes halogenated alkanes) is 1. The Bertz CT molecular complexity index is 553. The van der Waals surface area contributed by atoms with Gasteiger partial charge >= 0.3 is 12.1 Å². The Morgan fingerprint density at radius 3 is 2.43 bits per heavy atom. The minimum Gasteiger partial charge on any atom is -0.494 e. The molecule has 0 amide bonds. The van der Waals surface area contributed by atoms with Gasteiger partial charge in [-0.05, 0) is 37.5 Å². The Labute approximate surface area is 133 Å². The van der Waals surface area contributed by atoms with Crippen molar-refractivity contribution in [3.63, 3.8) is 0 Å². The Kier molecular flexibility index (Phi) is 7.46. The molecule has 1 rings (SSSR count). The maximum Gasteiger partial charge on any atom is 0.389 e. The lowest BCUT2D eigenvalue weighted by Gasteiger charge is -2.11. The van der Waals surface area contributed by atoms with Crippen molar-refractivity contribution < 1.29 is 27.8 Å². The van der Waals surface area contributed by atoms with Crippen LogP contribution in [-0.2, 0) is 4.79 Å². The molecule has 1 aromatic carbocycles. The van der Waals surface area contributed by atoms with E-state index in [1.807, 2.05) is 0 Å². The van der Waals surface area contributed by atoms with E-state index in [0.717, 1.165) is 5.56 Å². The second-order valence-electron chi connectivity index (χ2n) is 5.03. The molecule has 0 aliphatic heterocycles. The molecule has 0 bridgehead atoms. The van der Waals surface area contributed by atoms with Crippen LogP contribution < -0.4 is 4.74 Å². The molecule has 0 saturated carbocycles. The number of ether oxygens (including phenoxy) is 1. The summed E-state index contributed by atoms with van der Waals surface area (Å²) in [5.41, 5.74) is 0.770. The van der Waals surface area contributed by atoms with Crippen molar-refractivity contribution in [1.29, 1.82) is 0 Å². The average molecular weight is 328 g/mol. The minimum atomic E-state index is -4.12. The fourth-order valence-corrected chi connectivity index (χ4v) is 2.01. The van der Waals surface area contributed by atoms with Crippen LogP contribution in [0.5, 0.6) is 5.75 Å². The number of hydrogen-bond donors (Lipinski definition) is 1. The number of alkyl halides is 3. The van der Waals surface area contributed by atoms with E-state index in [2.05, 4.69) is 11.8 Å². The summed E-state index contributed by atoms with van der Waals surface area (Å²) >= 11 is 0. The van der Waals surface area contributed by atoms with Gasteiger partial charge in [0.25, 0.3) is 0 Å². The summed E-state index contributed by atoms with van der Waals surface area (Å²) in [6, 6.07) is 6.79. The first kappa shape index (κ1) is 18.9. The third kappa shape index (κ3) is 8.15. The second kappa shape index (κ2) is 9.09. The van der Waals surface area contributed by atoms with Crippen molar-refractivity contribution in [3.05, 3.63) is 29.8 Å². The molecule has 0 unspecified atom stereocenters. The van der Waals surface area contributed by atoms with Gasteiger partial charge < -0.3 is 9.84 Å². The summed E-state index contributed by atoms with van der Waals surface area (Å²) in [7, 11) is 0. The SMILES string of the molecule is CC#C[C@@H](CC(=O)O)c1ccc(OCCCCC(F)(F)F)cc1. The molecule has 1 aromatic rings. The van der Waals surface area contributed by atoms with E-state index in [1.165, 1.54) is 0 Å². The monoisotopic (exact) mass is 328 g/mol. The third-order valence-corrected chi connectivity index (χ3v) is 3.10. The zero-order valence-corrected chi connectivity index (χ0v) is 12.8. The highest BCUT2D eigenvalue weighted by atomic mass is 19.4. The van der Waals surface area contributed by atoms with Crippen LogP contribution in [0.3, 0.4) is 0 Å². The number of benzene rings is 1. The van der Waals surface area contributed by atoms with E-state index in [9.17, 15) is 18.0 Å². The van der Waals surface area contributed by atoms with Gasteiger partial charge in [-0.3, -0.25) is 4.79 Å². The van der Waals surface area contributed by atoms with E-state index >= 15 is 0 Å². The van der Waals surface area contributed by atoms with Crippen LogP contribution in [0.15, 0.2) is 24.3 Å². The molecule has 6 heteroatoms. The van der Waals surface area contributed by atoms with Gasteiger partial charge in [-0.25, -0.2) is 0 Å². The van der Waals surface area contributed by atoms with E-state index in [0.29, 0.717) is 12.2 Å². The lowest BCUT2D eigenvalue weighted by atomic mass is 9.96. The van der Waals surface area contributed by atoms with Gasteiger partial charge in [0.15, 0.2) is 0 Å². The van der Waals surface area contributed by atoms with Crippen LogP contribution in [-0.4, -0.2) is 23.9 Å². The Morgan fingerprint density at radius 1 is 1.26 bits per heavy atom. The van der Waals surface area contributed by atoms with E-state index < -0.39 is 24.5 Å². The van der Waals surface area contributed by atoms with E-state index in [1.54, 1.807) is 31.2 Å². The fourth-order valence-electron chi connectivity index (χ4n) is 2.01. The lowest BCUT2D eigenvalue weighted by molar-refractivity contribution is -0.137. The predicted octanol–water partition coefficient (Wildman–Crippen LogP) is 4.38. The summed E-state index contributed by atoms with van der Waals surface area (Å²) in [6.07, 6.45) is -4.65. The molecule has 126 valence electrons. The van der Waals surface area contributed by atoms with Crippen molar-refractivity contribution in [2.45, 2.75) is 44.7 Å². The predicted molar refractivity (Wildman–Crippen MR) is 80.3 cm³/mol.